The molecular formula is C16H23FN2O2. The summed E-state index contributed by atoms with van der Waals surface area (Å²) in [5.41, 5.74) is 6.58. The number of nitrogen functional groups attached to an aromatic ring is 1. The molecule has 2 N–H and O–H groups in total. The fourth-order valence-electron chi connectivity index (χ4n) is 2.93. The molecule has 0 aliphatic carbocycles. The second kappa shape index (κ2) is 6.78. The molecule has 0 bridgehead atoms. The molecule has 0 amide bonds. The van der Waals surface area contributed by atoms with Crippen LogP contribution in [0.15, 0.2) is 12.1 Å². The van der Waals surface area contributed by atoms with E-state index in [1.54, 1.807) is 6.92 Å². The van der Waals surface area contributed by atoms with Crippen molar-refractivity contribution in [2.75, 3.05) is 23.8 Å². The van der Waals surface area contributed by atoms with E-state index in [9.17, 15) is 9.18 Å². The number of esters is 1. The van der Waals surface area contributed by atoms with E-state index in [1.807, 2.05) is 0 Å². The van der Waals surface area contributed by atoms with Gasteiger partial charge in [-0.25, -0.2) is 9.18 Å². The summed E-state index contributed by atoms with van der Waals surface area (Å²) in [7, 11) is 0. The highest BCUT2D eigenvalue weighted by molar-refractivity contribution is 5.96. The first-order valence-corrected chi connectivity index (χ1v) is 7.61. The number of nitrogens with two attached hydrogens (primary N) is 1. The molecule has 0 radical (unpaired) electrons. The Kier molecular flexibility index (Phi) is 5.04. The number of benzene rings is 1. The van der Waals surface area contributed by atoms with E-state index < -0.39 is 5.97 Å². The smallest absolute Gasteiger partial charge is 0.340 e. The SMILES string of the molecule is CCOC(=O)c1cc(N2CCCCC2CC)c(F)cc1N. The number of halogens is 1. The summed E-state index contributed by atoms with van der Waals surface area (Å²) in [5.74, 6) is -0.873. The number of nitrogens with zero attached hydrogens (tertiary/aromatic N) is 1. The first kappa shape index (κ1) is 15.6. The zero-order chi connectivity index (χ0) is 15.4. The third-order valence-electron chi connectivity index (χ3n) is 4.02. The van der Waals surface area contributed by atoms with Gasteiger partial charge in [-0.05, 0) is 44.7 Å². The first-order chi connectivity index (χ1) is 10.1. The second-order valence-electron chi connectivity index (χ2n) is 5.36. The summed E-state index contributed by atoms with van der Waals surface area (Å²) in [5, 5.41) is 0. The van der Waals surface area contributed by atoms with Crippen molar-refractivity contribution in [2.24, 2.45) is 0 Å². The Morgan fingerprint density at radius 1 is 1.43 bits per heavy atom. The van der Waals surface area contributed by atoms with Crippen LogP contribution in [0, 0.1) is 5.82 Å². The standard InChI is InChI=1S/C16H23FN2O2/c1-3-11-7-5-6-8-19(11)15-9-12(16(20)21-4-2)14(18)10-13(15)17/h9-11H,3-8,18H2,1-2H3. The number of piperidine rings is 1. The van der Waals surface area contributed by atoms with Crippen LogP contribution >= 0.6 is 0 Å². The van der Waals surface area contributed by atoms with E-state index in [0.717, 1.165) is 32.2 Å². The maximum absolute atomic E-state index is 14.3. The Morgan fingerprint density at radius 2 is 2.19 bits per heavy atom. The zero-order valence-electron chi connectivity index (χ0n) is 12.7. The minimum atomic E-state index is -0.499. The van der Waals surface area contributed by atoms with Crippen LogP contribution in [0.4, 0.5) is 15.8 Å². The number of anilines is 2. The summed E-state index contributed by atoms with van der Waals surface area (Å²) in [6.07, 6.45) is 4.21. The van der Waals surface area contributed by atoms with Crippen LogP contribution in [-0.4, -0.2) is 25.2 Å². The molecule has 0 saturated carbocycles. The number of hydrogen-bond acceptors (Lipinski definition) is 4. The van der Waals surface area contributed by atoms with E-state index in [1.165, 1.54) is 12.1 Å². The summed E-state index contributed by atoms with van der Waals surface area (Å²) in [6, 6.07) is 3.08. The maximum atomic E-state index is 14.3. The predicted octanol–water partition coefficient (Wildman–Crippen LogP) is 3.35. The van der Waals surface area contributed by atoms with Crippen molar-refractivity contribution < 1.29 is 13.9 Å². The van der Waals surface area contributed by atoms with Crippen LogP contribution in [0.1, 0.15) is 49.9 Å². The molecule has 5 heteroatoms. The summed E-state index contributed by atoms with van der Waals surface area (Å²) < 4.78 is 19.3. The Labute approximate surface area is 125 Å². The fraction of sp³-hybridized carbons (Fsp3) is 0.562. The molecule has 1 aliphatic rings. The van der Waals surface area contributed by atoms with Gasteiger partial charge < -0.3 is 15.4 Å². The van der Waals surface area contributed by atoms with Crippen molar-refractivity contribution in [3.05, 3.63) is 23.5 Å². The molecule has 116 valence electrons. The van der Waals surface area contributed by atoms with Crippen molar-refractivity contribution >= 4 is 17.3 Å². The largest absolute Gasteiger partial charge is 0.462 e. The van der Waals surface area contributed by atoms with Gasteiger partial charge in [-0.3, -0.25) is 0 Å². The van der Waals surface area contributed by atoms with Gasteiger partial charge in [-0.1, -0.05) is 6.92 Å². The Hall–Kier alpha value is -1.78. The first-order valence-electron chi connectivity index (χ1n) is 7.61. The average Bonchev–Trinajstić information content (AvgIpc) is 2.47. The quantitative estimate of drug-likeness (QED) is 0.683. The lowest BCUT2D eigenvalue weighted by Gasteiger charge is -2.37. The molecule has 1 aromatic rings. The van der Waals surface area contributed by atoms with Crippen molar-refractivity contribution in [1.29, 1.82) is 0 Å². The molecule has 2 rings (SSSR count). The number of carbonyl (C=O) groups is 1. The van der Waals surface area contributed by atoms with Crippen LogP contribution in [-0.2, 0) is 4.74 Å². The van der Waals surface area contributed by atoms with Crippen LogP contribution in [0.5, 0.6) is 0 Å². The fourth-order valence-corrected chi connectivity index (χ4v) is 2.93. The van der Waals surface area contributed by atoms with Crippen LogP contribution < -0.4 is 10.6 Å². The highest BCUT2D eigenvalue weighted by Gasteiger charge is 2.25. The molecule has 1 aliphatic heterocycles. The van der Waals surface area contributed by atoms with Crippen molar-refractivity contribution in [3.8, 4) is 0 Å². The molecule has 1 saturated heterocycles. The van der Waals surface area contributed by atoms with Crippen LogP contribution in [0.2, 0.25) is 0 Å². The molecule has 1 atom stereocenters. The topological polar surface area (TPSA) is 55.6 Å². The van der Waals surface area contributed by atoms with E-state index in [2.05, 4.69) is 11.8 Å². The van der Waals surface area contributed by atoms with E-state index in [0.29, 0.717) is 11.7 Å². The van der Waals surface area contributed by atoms with Gasteiger partial charge in [0, 0.05) is 18.3 Å². The van der Waals surface area contributed by atoms with Crippen molar-refractivity contribution in [3.63, 3.8) is 0 Å². The molecule has 0 spiro atoms. The molecule has 1 aromatic carbocycles. The van der Waals surface area contributed by atoms with Gasteiger partial charge in [-0.2, -0.15) is 0 Å². The van der Waals surface area contributed by atoms with Crippen molar-refractivity contribution in [2.45, 2.75) is 45.6 Å². The lowest BCUT2D eigenvalue weighted by atomic mass is 9.98. The van der Waals surface area contributed by atoms with Gasteiger partial charge in [0.05, 0.1) is 17.9 Å². The van der Waals surface area contributed by atoms with E-state index in [4.69, 9.17) is 10.5 Å². The zero-order valence-corrected chi connectivity index (χ0v) is 12.7. The summed E-state index contributed by atoms with van der Waals surface area (Å²) in [4.78, 5) is 14.0. The molecule has 21 heavy (non-hydrogen) atoms. The number of hydrogen-bond donors (Lipinski definition) is 1. The molecule has 1 unspecified atom stereocenters. The highest BCUT2D eigenvalue weighted by atomic mass is 19.1. The lowest BCUT2D eigenvalue weighted by molar-refractivity contribution is 0.0527. The highest BCUT2D eigenvalue weighted by Crippen LogP contribution is 2.31. The average molecular weight is 294 g/mol. The third kappa shape index (κ3) is 3.28. The Balaban J connectivity index is 2.38. The Bertz CT molecular complexity index is 519. The molecule has 1 heterocycles. The second-order valence-corrected chi connectivity index (χ2v) is 5.36. The monoisotopic (exact) mass is 294 g/mol. The van der Waals surface area contributed by atoms with Gasteiger partial charge in [0.25, 0.3) is 0 Å². The van der Waals surface area contributed by atoms with Gasteiger partial charge in [-0.15, -0.1) is 0 Å². The van der Waals surface area contributed by atoms with E-state index >= 15 is 0 Å². The van der Waals surface area contributed by atoms with Gasteiger partial charge in [0.1, 0.15) is 5.82 Å². The van der Waals surface area contributed by atoms with Crippen LogP contribution in [0.3, 0.4) is 0 Å². The van der Waals surface area contributed by atoms with Gasteiger partial charge in [0.15, 0.2) is 0 Å². The molecule has 0 aromatic heterocycles. The molecular weight excluding hydrogens is 271 g/mol. The minimum Gasteiger partial charge on any atom is -0.462 e. The van der Waals surface area contributed by atoms with Gasteiger partial charge >= 0.3 is 5.97 Å². The molecule has 4 nitrogen and oxygen atoms in total. The lowest BCUT2D eigenvalue weighted by Crippen LogP contribution is -2.39. The number of rotatable bonds is 4. The van der Waals surface area contributed by atoms with Gasteiger partial charge in [0.2, 0.25) is 0 Å². The summed E-state index contributed by atoms with van der Waals surface area (Å²) >= 11 is 0. The summed E-state index contributed by atoms with van der Waals surface area (Å²) in [6.45, 7) is 4.91. The normalized spacial score (nSPS) is 18.6. The van der Waals surface area contributed by atoms with Crippen molar-refractivity contribution in [1.82, 2.24) is 0 Å². The third-order valence-corrected chi connectivity index (χ3v) is 4.02. The van der Waals surface area contributed by atoms with Crippen LogP contribution in [0.25, 0.3) is 0 Å². The Morgan fingerprint density at radius 3 is 2.86 bits per heavy atom. The number of carbonyl (C=O) groups excluding carboxylic acids is 1. The molecule has 1 fully saturated rings. The predicted molar refractivity (Wildman–Crippen MR) is 82.0 cm³/mol. The van der Waals surface area contributed by atoms with E-state index in [-0.39, 0.29) is 23.7 Å². The minimum absolute atomic E-state index is 0.125. The number of ether oxygens (including phenoxy) is 1. The maximum Gasteiger partial charge on any atom is 0.340 e.